The molecule has 0 fully saturated rings. The number of aryl methyl sites for hydroxylation is 1. The molecule has 3 heteroatoms. The highest BCUT2D eigenvalue weighted by Crippen LogP contribution is 2.30. The SMILES string of the molecule is CCc1ccc(C2=CCCC=C2C(C)NNNC)cc1. The van der Waals surface area contributed by atoms with E-state index in [-0.39, 0.29) is 6.04 Å². The van der Waals surface area contributed by atoms with Crippen LogP contribution in [0.4, 0.5) is 0 Å². The highest BCUT2D eigenvalue weighted by atomic mass is 15.6. The fourth-order valence-electron chi connectivity index (χ4n) is 2.57. The van der Waals surface area contributed by atoms with Gasteiger partial charge in [0.15, 0.2) is 0 Å². The van der Waals surface area contributed by atoms with Crippen molar-refractivity contribution in [2.24, 2.45) is 0 Å². The van der Waals surface area contributed by atoms with Gasteiger partial charge >= 0.3 is 0 Å². The summed E-state index contributed by atoms with van der Waals surface area (Å²) in [5.74, 6) is 0. The quantitative estimate of drug-likeness (QED) is 0.696. The molecular formula is C17H25N3. The van der Waals surface area contributed by atoms with Crippen molar-refractivity contribution in [1.82, 2.24) is 16.4 Å². The molecule has 3 nitrogen and oxygen atoms in total. The van der Waals surface area contributed by atoms with Crippen molar-refractivity contribution in [2.75, 3.05) is 7.05 Å². The van der Waals surface area contributed by atoms with E-state index in [2.05, 4.69) is 66.7 Å². The monoisotopic (exact) mass is 271 g/mol. The second-order valence-electron chi connectivity index (χ2n) is 5.15. The molecule has 1 atom stereocenters. The van der Waals surface area contributed by atoms with Gasteiger partial charge in [-0.1, -0.05) is 43.3 Å². The van der Waals surface area contributed by atoms with Gasteiger partial charge in [-0.15, -0.1) is 0 Å². The molecule has 0 spiro atoms. The average molecular weight is 271 g/mol. The van der Waals surface area contributed by atoms with E-state index in [1.165, 1.54) is 22.3 Å². The molecule has 0 bridgehead atoms. The van der Waals surface area contributed by atoms with Crippen LogP contribution in [0.5, 0.6) is 0 Å². The Kier molecular flexibility index (Phi) is 5.53. The van der Waals surface area contributed by atoms with Crippen LogP contribution in [0.1, 0.15) is 37.8 Å². The summed E-state index contributed by atoms with van der Waals surface area (Å²) in [6.07, 6.45) is 8.04. The molecule has 108 valence electrons. The van der Waals surface area contributed by atoms with E-state index in [9.17, 15) is 0 Å². The van der Waals surface area contributed by atoms with Crippen molar-refractivity contribution >= 4 is 5.57 Å². The molecule has 0 saturated heterocycles. The van der Waals surface area contributed by atoms with Crippen molar-refractivity contribution in [3.8, 4) is 0 Å². The van der Waals surface area contributed by atoms with Gasteiger partial charge in [-0.3, -0.25) is 0 Å². The predicted molar refractivity (Wildman–Crippen MR) is 85.9 cm³/mol. The van der Waals surface area contributed by atoms with Gasteiger partial charge in [-0.25, -0.2) is 10.9 Å². The van der Waals surface area contributed by atoms with Gasteiger partial charge in [0, 0.05) is 6.04 Å². The number of rotatable bonds is 6. The molecule has 1 aromatic carbocycles. The zero-order valence-corrected chi connectivity index (χ0v) is 12.7. The highest BCUT2D eigenvalue weighted by molar-refractivity contribution is 5.81. The van der Waals surface area contributed by atoms with Gasteiger partial charge in [-0.05, 0) is 55.5 Å². The first-order chi connectivity index (χ1) is 9.76. The van der Waals surface area contributed by atoms with Crippen molar-refractivity contribution in [3.05, 3.63) is 53.1 Å². The summed E-state index contributed by atoms with van der Waals surface area (Å²) in [7, 11) is 1.86. The molecule has 0 heterocycles. The van der Waals surface area contributed by atoms with E-state index in [1.807, 2.05) is 7.05 Å². The first-order valence-electron chi connectivity index (χ1n) is 7.43. The number of hydrogen-bond acceptors (Lipinski definition) is 3. The van der Waals surface area contributed by atoms with E-state index in [0.717, 1.165) is 19.3 Å². The summed E-state index contributed by atoms with van der Waals surface area (Å²) in [5, 5.41) is 0. The van der Waals surface area contributed by atoms with Gasteiger partial charge in [0.25, 0.3) is 0 Å². The lowest BCUT2D eigenvalue weighted by Gasteiger charge is -2.23. The predicted octanol–water partition coefficient (Wildman–Crippen LogP) is 2.97. The summed E-state index contributed by atoms with van der Waals surface area (Å²) in [4.78, 5) is 0. The Hall–Kier alpha value is -1.42. The molecule has 0 aliphatic heterocycles. The second kappa shape index (κ2) is 7.39. The van der Waals surface area contributed by atoms with Gasteiger partial charge in [-0.2, -0.15) is 5.53 Å². The van der Waals surface area contributed by atoms with Crippen LogP contribution in [-0.2, 0) is 6.42 Å². The van der Waals surface area contributed by atoms with Crippen LogP contribution < -0.4 is 16.4 Å². The van der Waals surface area contributed by atoms with E-state index >= 15 is 0 Å². The van der Waals surface area contributed by atoms with Gasteiger partial charge in [0.05, 0.1) is 0 Å². The molecule has 0 saturated carbocycles. The third kappa shape index (κ3) is 3.57. The topological polar surface area (TPSA) is 36.1 Å². The Morgan fingerprint density at radius 1 is 1.10 bits per heavy atom. The molecule has 1 aromatic rings. The van der Waals surface area contributed by atoms with E-state index in [1.54, 1.807) is 0 Å². The number of allylic oxidation sites excluding steroid dienone is 2. The Bertz CT molecular complexity index is 485. The van der Waals surface area contributed by atoms with Gasteiger partial charge in [0.1, 0.15) is 0 Å². The highest BCUT2D eigenvalue weighted by Gasteiger charge is 2.16. The van der Waals surface area contributed by atoms with Crippen molar-refractivity contribution in [3.63, 3.8) is 0 Å². The maximum Gasteiger partial charge on any atom is 0.0450 e. The number of benzene rings is 1. The fraction of sp³-hybridized carbons (Fsp3) is 0.412. The molecule has 0 amide bonds. The van der Waals surface area contributed by atoms with E-state index in [0.29, 0.717) is 0 Å². The Labute approximate surface area is 122 Å². The molecule has 1 aliphatic rings. The van der Waals surface area contributed by atoms with Crippen LogP contribution >= 0.6 is 0 Å². The van der Waals surface area contributed by atoms with Crippen LogP contribution in [0.3, 0.4) is 0 Å². The lowest BCUT2D eigenvalue weighted by atomic mass is 9.88. The molecule has 3 N–H and O–H groups in total. The van der Waals surface area contributed by atoms with Crippen LogP contribution in [0.2, 0.25) is 0 Å². The molecular weight excluding hydrogens is 246 g/mol. The minimum Gasteiger partial charge on any atom is -0.247 e. The van der Waals surface area contributed by atoms with Crippen molar-refractivity contribution < 1.29 is 0 Å². The van der Waals surface area contributed by atoms with Gasteiger partial charge < -0.3 is 0 Å². The zero-order valence-electron chi connectivity index (χ0n) is 12.7. The lowest BCUT2D eigenvalue weighted by molar-refractivity contribution is 0.438. The second-order valence-corrected chi connectivity index (χ2v) is 5.15. The standard InChI is InChI=1S/C17H25N3/c1-4-14-9-11-15(12-10-14)17-8-6-5-7-16(17)13(2)19-20-18-3/h7-13,18-20H,4-6H2,1-3H3. The van der Waals surface area contributed by atoms with Crippen molar-refractivity contribution in [1.29, 1.82) is 0 Å². The minimum absolute atomic E-state index is 0.264. The third-order valence-electron chi connectivity index (χ3n) is 3.74. The van der Waals surface area contributed by atoms with Crippen LogP contribution in [0.15, 0.2) is 42.0 Å². The third-order valence-corrected chi connectivity index (χ3v) is 3.74. The molecule has 1 unspecified atom stereocenters. The summed E-state index contributed by atoms with van der Waals surface area (Å²) in [5.41, 5.74) is 14.5. The number of nitrogens with one attached hydrogen (secondary N) is 3. The Morgan fingerprint density at radius 3 is 2.45 bits per heavy atom. The largest absolute Gasteiger partial charge is 0.247 e. The molecule has 0 radical (unpaired) electrons. The zero-order chi connectivity index (χ0) is 14.4. The van der Waals surface area contributed by atoms with Crippen molar-refractivity contribution in [2.45, 2.75) is 39.2 Å². The van der Waals surface area contributed by atoms with Crippen LogP contribution in [0.25, 0.3) is 5.57 Å². The number of hydrogen-bond donors (Lipinski definition) is 3. The Balaban J connectivity index is 2.19. The summed E-state index contributed by atoms with van der Waals surface area (Å²) >= 11 is 0. The van der Waals surface area contributed by atoms with E-state index in [4.69, 9.17) is 0 Å². The normalized spacial score (nSPS) is 16.6. The van der Waals surface area contributed by atoms with Gasteiger partial charge in [0.2, 0.25) is 0 Å². The molecule has 20 heavy (non-hydrogen) atoms. The molecule has 0 aromatic heterocycles. The summed E-state index contributed by atoms with van der Waals surface area (Å²) in [6.45, 7) is 4.37. The first kappa shape index (κ1) is 15.0. The smallest absolute Gasteiger partial charge is 0.0450 e. The van der Waals surface area contributed by atoms with Crippen LogP contribution in [0, 0.1) is 0 Å². The van der Waals surface area contributed by atoms with Crippen LogP contribution in [-0.4, -0.2) is 13.1 Å². The fourth-order valence-corrected chi connectivity index (χ4v) is 2.57. The lowest BCUT2D eigenvalue weighted by Crippen LogP contribution is -2.46. The molecule has 1 aliphatic carbocycles. The average Bonchev–Trinajstić information content (AvgIpc) is 2.52. The number of hydrazine groups is 2. The summed E-state index contributed by atoms with van der Waals surface area (Å²) in [6, 6.07) is 9.20. The Morgan fingerprint density at radius 2 is 1.80 bits per heavy atom. The first-order valence-corrected chi connectivity index (χ1v) is 7.43. The summed E-state index contributed by atoms with van der Waals surface area (Å²) < 4.78 is 0. The maximum absolute atomic E-state index is 3.25. The maximum atomic E-state index is 3.25. The van der Waals surface area contributed by atoms with E-state index < -0.39 is 0 Å². The minimum atomic E-state index is 0.264. The molecule has 2 rings (SSSR count).